The van der Waals surface area contributed by atoms with Crippen molar-refractivity contribution in [2.75, 3.05) is 20.1 Å². The van der Waals surface area contributed by atoms with Crippen LogP contribution in [0.5, 0.6) is 0 Å². The number of carboxylic acid groups (broad SMARTS) is 1. The van der Waals surface area contributed by atoms with E-state index < -0.39 is 11.9 Å². The number of hydrogen-bond acceptors (Lipinski definition) is 2. The van der Waals surface area contributed by atoms with Crippen LogP contribution in [0.2, 0.25) is 0 Å². The Labute approximate surface area is 127 Å². The molecule has 2 fully saturated rings. The molecule has 1 saturated carbocycles. The predicted molar refractivity (Wildman–Crippen MR) is 81.1 cm³/mol. The Balaban J connectivity index is 1.93. The number of urea groups is 1. The van der Waals surface area contributed by atoms with Crippen LogP contribution in [0.25, 0.3) is 0 Å². The van der Waals surface area contributed by atoms with Gasteiger partial charge in [0.2, 0.25) is 0 Å². The molecule has 5 heteroatoms. The quantitative estimate of drug-likeness (QED) is 0.852. The zero-order chi connectivity index (χ0) is 15.8. The van der Waals surface area contributed by atoms with Gasteiger partial charge in [0.25, 0.3) is 0 Å². The number of nitrogens with zero attached hydrogens (tertiary/aromatic N) is 2. The van der Waals surface area contributed by atoms with Gasteiger partial charge in [0.15, 0.2) is 0 Å². The monoisotopic (exact) mass is 296 g/mol. The van der Waals surface area contributed by atoms with Crippen LogP contribution in [0, 0.1) is 17.3 Å². The highest BCUT2D eigenvalue weighted by molar-refractivity contribution is 5.77. The van der Waals surface area contributed by atoms with Crippen molar-refractivity contribution >= 4 is 12.0 Å². The first-order chi connectivity index (χ1) is 9.71. The van der Waals surface area contributed by atoms with Gasteiger partial charge in [-0.2, -0.15) is 0 Å². The molecule has 0 aromatic carbocycles. The zero-order valence-electron chi connectivity index (χ0n) is 13.6. The molecule has 120 valence electrons. The van der Waals surface area contributed by atoms with E-state index in [0.29, 0.717) is 24.5 Å². The number of rotatable bonds is 2. The highest BCUT2D eigenvalue weighted by atomic mass is 16.4. The van der Waals surface area contributed by atoms with Gasteiger partial charge in [-0.05, 0) is 37.0 Å². The summed E-state index contributed by atoms with van der Waals surface area (Å²) in [5.74, 6) is -1.18. The van der Waals surface area contributed by atoms with E-state index in [0.717, 1.165) is 25.7 Å². The van der Waals surface area contributed by atoms with Crippen molar-refractivity contribution in [3.8, 4) is 0 Å². The molecule has 2 atom stereocenters. The summed E-state index contributed by atoms with van der Waals surface area (Å²) in [4.78, 5) is 27.3. The average molecular weight is 296 g/mol. The van der Waals surface area contributed by atoms with Crippen LogP contribution >= 0.6 is 0 Å². The second-order valence-electron chi connectivity index (χ2n) is 7.62. The highest BCUT2D eigenvalue weighted by Gasteiger charge is 2.39. The number of aliphatic carboxylic acids is 1. The van der Waals surface area contributed by atoms with Gasteiger partial charge in [-0.3, -0.25) is 4.79 Å². The Morgan fingerprint density at radius 1 is 1.19 bits per heavy atom. The third kappa shape index (κ3) is 3.50. The summed E-state index contributed by atoms with van der Waals surface area (Å²) in [6, 6.07) is 0.292. The van der Waals surface area contributed by atoms with Crippen LogP contribution in [0.1, 0.15) is 46.5 Å². The third-order valence-corrected chi connectivity index (χ3v) is 5.36. The molecule has 0 aromatic rings. The van der Waals surface area contributed by atoms with Gasteiger partial charge < -0.3 is 14.9 Å². The maximum atomic E-state index is 12.6. The second kappa shape index (κ2) is 5.85. The summed E-state index contributed by atoms with van der Waals surface area (Å²) in [5.41, 5.74) is 0.386. The van der Waals surface area contributed by atoms with Gasteiger partial charge in [0.05, 0.1) is 5.92 Å². The summed E-state index contributed by atoms with van der Waals surface area (Å²) in [6.45, 7) is 7.38. The number of carbonyl (C=O) groups is 2. The van der Waals surface area contributed by atoms with Crippen molar-refractivity contribution in [1.29, 1.82) is 0 Å². The summed E-state index contributed by atoms with van der Waals surface area (Å²) in [7, 11) is 1.87. The predicted octanol–water partition coefficient (Wildman–Crippen LogP) is 2.66. The highest BCUT2D eigenvalue weighted by Crippen LogP contribution is 2.37. The topological polar surface area (TPSA) is 60.9 Å². The van der Waals surface area contributed by atoms with E-state index in [1.54, 1.807) is 4.90 Å². The van der Waals surface area contributed by atoms with Crippen LogP contribution in [0.3, 0.4) is 0 Å². The SMILES string of the molecule is CC1CN(C(=O)N(C)C2CCC(C)(C)CC2)CC1C(=O)O. The zero-order valence-corrected chi connectivity index (χ0v) is 13.6. The fraction of sp³-hybridized carbons (Fsp3) is 0.875. The van der Waals surface area contributed by atoms with Crippen molar-refractivity contribution in [2.45, 2.75) is 52.5 Å². The lowest BCUT2D eigenvalue weighted by Gasteiger charge is -2.39. The fourth-order valence-corrected chi connectivity index (χ4v) is 3.60. The van der Waals surface area contributed by atoms with Gasteiger partial charge >= 0.3 is 12.0 Å². The molecule has 5 nitrogen and oxygen atoms in total. The molecule has 2 unspecified atom stereocenters. The molecule has 0 spiro atoms. The molecule has 1 aliphatic carbocycles. The van der Waals surface area contributed by atoms with Gasteiger partial charge in [-0.15, -0.1) is 0 Å². The molecule has 21 heavy (non-hydrogen) atoms. The number of amides is 2. The molecule has 2 rings (SSSR count). The van der Waals surface area contributed by atoms with E-state index in [1.165, 1.54) is 0 Å². The molecule has 0 radical (unpaired) electrons. The van der Waals surface area contributed by atoms with E-state index in [4.69, 9.17) is 0 Å². The minimum atomic E-state index is -0.792. The molecular formula is C16H28N2O3. The Kier molecular flexibility index (Phi) is 4.49. The molecule has 2 amide bonds. The molecule has 0 bridgehead atoms. The molecule has 1 saturated heterocycles. The number of hydrogen-bond donors (Lipinski definition) is 1. The van der Waals surface area contributed by atoms with Gasteiger partial charge in [-0.25, -0.2) is 4.79 Å². The van der Waals surface area contributed by atoms with Crippen molar-refractivity contribution in [3.63, 3.8) is 0 Å². The van der Waals surface area contributed by atoms with E-state index in [-0.39, 0.29) is 11.9 Å². The first-order valence-corrected chi connectivity index (χ1v) is 7.96. The summed E-state index contributed by atoms with van der Waals surface area (Å²) in [5, 5.41) is 9.18. The Hall–Kier alpha value is -1.26. The van der Waals surface area contributed by atoms with Crippen LogP contribution in [0.4, 0.5) is 4.79 Å². The maximum Gasteiger partial charge on any atom is 0.320 e. The molecule has 1 heterocycles. The lowest BCUT2D eigenvalue weighted by Crippen LogP contribution is -2.47. The smallest absolute Gasteiger partial charge is 0.320 e. The van der Waals surface area contributed by atoms with Crippen molar-refractivity contribution < 1.29 is 14.7 Å². The first kappa shape index (κ1) is 16.1. The lowest BCUT2D eigenvalue weighted by atomic mass is 9.75. The third-order valence-electron chi connectivity index (χ3n) is 5.36. The molecule has 1 aliphatic heterocycles. The van der Waals surface area contributed by atoms with Crippen LogP contribution in [0.15, 0.2) is 0 Å². The van der Waals surface area contributed by atoms with Crippen LogP contribution < -0.4 is 0 Å². The van der Waals surface area contributed by atoms with Gasteiger partial charge in [0, 0.05) is 26.2 Å². The minimum absolute atomic E-state index is 0.00435. The largest absolute Gasteiger partial charge is 0.481 e. The second-order valence-corrected chi connectivity index (χ2v) is 7.62. The number of carboxylic acids is 1. The molecule has 1 N–H and O–H groups in total. The molecular weight excluding hydrogens is 268 g/mol. The van der Waals surface area contributed by atoms with Crippen LogP contribution in [-0.2, 0) is 4.79 Å². The first-order valence-electron chi connectivity index (χ1n) is 7.96. The standard InChI is InChI=1S/C16H28N2O3/c1-11-9-18(10-13(11)14(19)20)15(21)17(4)12-5-7-16(2,3)8-6-12/h11-13H,5-10H2,1-4H3,(H,19,20). The maximum absolute atomic E-state index is 12.6. The van der Waals surface area contributed by atoms with Crippen LogP contribution in [-0.4, -0.2) is 53.1 Å². The average Bonchev–Trinajstić information content (AvgIpc) is 2.79. The number of carbonyl (C=O) groups excluding carboxylic acids is 1. The Morgan fingerprint density at radius 2 is 1.76 bits per heavy atom. The van der Waals surface area contributed by atoms with Gasteiger partial charge in [0.1, 0.15) is 0 Å². The summed E-state index contributed by atoms with van der Waals surface area (Å²) >= 11 is 0. The summed E-state index contributed by atoms with van der Waals surface area (Å²) in [6.07, 6.45) is 4.37. The van der Waals surface area contributed by atoms with E-state index in [9.17, 15) is 14.7 Å². The Morgan fingerprint density at radius 3 is 2.24 bits per heavy atom. The van der Waals surface area contributed by atoms with E-state index >= 15 is 0 Å². The van der Waals surface area contributed by atoms with Crippen molar-refractivity contribution in [1.82, 2.24) is 9.80 Å². The lowest BCUT2D eigenvalue weighted by molar-refractivity contribution is -0.142. The fourth-order valence-electron chi connectivity index (χ4n) is 3.60. The minimum Gasteiger partial charge on any atom is -0.481 e. The van der Waals surface area contributed by atoms with Crippen molar-refractivity contribution in [2.24, 2.45) is 17.3 Å². The van der Waals surface area contributed by atoms with Crippen molar-refractivity contribution in [3.05, 3.63) is 0 Å². The normalized spacial score (nSPS) is 29.4. The Bertz CT molecular complexity index is 412. The molecule has 2 aliphatic rings. The summed E-state index contributed by atoms with van der Waals surface area (Å²) < 4.78 is 0. The number of likely N-dealkylation sites (tertiary alicyclic amines) is 1. The van der Waals surface area contributed by atoms with E-state index in [2.05, 4.69) is 13.8 Å². The molecule has 0 aromatic heterocycles. The van der Waals surface area contributed by atoms with Gasteiger partial charge in [-0.1, -0.05) is 20.8 Å². The van der Waals surface area contributed by atoms with E-state index in [1.807, 2.05) is 18.9 Å².